The molecule has 140 valence electrons. The van der Waals surface area contributed by atoms with Crippen molar-refractivity contribution >= 4 is 40.5 Å². The molecule has 0 unspecified atom stereocenters. The molecule has 0 aliphatic carbocycles. The molecule has 2 amide bonds. The van der Waals surface area contributed by atoms with E-state index in [9.17, 15) is 19.7 Å². The average molecular weight is 397 g/mol. The molecule has 3 rings (SSSR count). The standard InChI is InChI=1S/C19H13ClN4O4/c20-16-10-13(24(27)28)7-8-14(16)18(25)23-17-6-2-1-5-15(17)19(26)22-12-4-3-9-21-11-12/h1-11H,(H,22,26)(H,23,25). The van der Waals surface area contributed by atoms with Gasteiger partial charge in [0.15, 0.2) is 0 Å². The Bertz CT molecular complexity index is 1060. The minimum atomic E-state index is -0.606. The van der Waals surface area contributed by atoms with Crippen LogP contribution in [0, 0.1) is 10.1 Å². The zero-order valence-electron chi connectivity index (χ0n) is 14.3. The third-order valence-corrected chi connectivity index (χ3v) is 4.06. The van der Waals surface area contributed by atoms with Gasteiger partial charge in [0.1, 0.15) is 0 Å². The number of carbonyl (C=O) groups is 2. The Balaban J connectivity index is 1.82. The molecule has 0 aliphatic heterocycles. The summed E-state index contributed by atoms with van der Waals surface area (Å²) in [5, 5.41) is 16.0. The molecule has 0 atom stereocenters. The number of nitrogens with zero attached hydrogens (tertiary/aromatic N) is 2. The van der Waals surface area contributed by atoms with E-state index in [1.807, 2.05) is 0 Å². The van der Waals surface area contributed by atoms with Crippen LogP contribution in [0.4, 0.5) is 17.1 Å². The second-order valence-electron chi connectivity index (χ2n) is 5.62. The van der Waals surface area contributed by atoms with Crippen LogP contribution < -0.4 is 10.6 Å². The number of non-ortho nitro benzene ring substituents is 1. The molecule has 28 heavy (non-hydrogen) atoms. The molecule has 3 aromatic rings. The molecular formula is C19H13ClN4O4. The van der Waals surface area contributed by atoms with Gasteiger partial charge in [-0.25, -0.2) is 0 Å². The number of pyridine rings is 1. The van der Waals surface area contributed by atoms with Gasteiger partial charge >= 0.3 is 0 Å². The molecule has 8 nitrogen and oxygen atoms in total. The summed E-state index contributed by atoms with van der Waals surface area (Å²) in [7, 11) is 0. The van der Waals surface area contributed by atoms with Crippen molar-refractivity contribution in [3.63, 3.8) is 0 Å². The third kappa shape index (κ3) is 4.30. The highest BCUT2D eigenvalue weighted by molar-refractivity contribution is 6.34. The zero-order chi connectivity index (χ0) is 20.1. The van der Waals surface area contributed by atoms with E-state index >= 15 is 0 Å². The lowest BCUT2D eigenvalue weighted by atomic mass is 10.1. The van der Waals surface area contributed by atoms with Gasteiger partial charge in [-0.3, -0.25) is 24.7 Å². The van der Waals surface area contributed by atoms with Crippen LogP contribution in [0.1, 0.15) is 20.7 Å². The second kappa shape index (κ2) is 8.28. The number of rotatable bonds is 5. The number of aromatic nitrogens is 1. The van der Waals surface area contributed by atoms with Crippen molar-refractivity contribution < 1.29 is 14.5 Å². The summed E-state index contributed by atoms with van der Waals surface area (Å²) in [5.74, 6) is -1.03. The van der Waals surface area contributed by atoms with Gasteiger partial charge in [-0.1, -0.05) is 23.7 Å². The van der Waals surface area contributed by atoms with E-state index in [1.165, 1.54) is 18.3 Å². The fraction of sp³-hybridized carbons (Fsp3) is 0. The number of halogens is 1. The molecule has 2 aromatic carbocycles. The van der Waals surface area contributed by atoms with Gasteiger partial charge in [-0.15, -0.1) is 0 Å². The van der Waals surface area contributed by atoms with Crippen LogP contribution in [0.2, 0.25) is 5.02 Å². The molecule has 0 saturated carbocycles. The average Bonchev–Trinajstić information content (AvgIpc) is 2.68. The quantitative estimate of drug-likeness (QED) is 0.496. The highest BCUT2D eigenvalue weighted by atomic mass is 35.5. The number of para-hydroxylation sites is 1. The van der Waals surface area contributed by atoms with Gasteiger partial charge in [-0.05, 0) is 30.3 Å². The second-order valence-corrected chi connectivity index (χ2v) is 6.02. The summed E-state index contributed by atoms with van der Waals surface area (Å²) in [4.78, 5) is 39.2. The molecule has 1 aromatic heterocycles. The normalized spacial score (nSPS) is 10.2. The number of carbonyl (C=O) groups excluding carboxylic acids is 2. The van der Waals surface area contributed by atoms with Crippen molar-refractivity contribution in [3.8, 4) is 0 Å². The number of hydrogen-bond donors (Lipinski definition) is 2. The third-order valence-electron chi connectivity index (χ3n) is 3.75. The number of amides is 2. The lowest BCUT2D eigenvalue weighted by Crippen LogP contribution is -2.18. The van der Waals surface area contributed by atoms with E-state index in [2.05, 4.69) is 15.6 Å². The number of nitro groups is 1. The van der Waals surface area contributed by atoms with Crippen molar-refractivity contribution in [3.05, 3.63) is 93.3 Å². The summed E-state index contributed by atoms with van der Waals surface area (Å²) in [6.45, 7) is 0. The molecule has 0 radical (unpaired) electrons. The fourth-order valence-electron chi connectivity index (χ4n) is 2.42. The predicted octanol–water partition coefficient (Wildman–Crippen LogP) is 4.15. The van der Waals surface area contributed by atoms with Crippen LogP contribution in [0.15, 0.2) is 67.0 Å². The lowest BCUT2D eigenvalue weighted by Gasteiger charge is -2.12. The van der Waals surface area contributed by atoms with E-state index in [1.54, 1.807) is 42.6 Å². The van der Waals surface area contributed by atoms with E-state index in [-0.39, 0.29) is 27.5 Å². The Morgan fingerprint density at radius 1 is 0.964 bits per heavy atom. The minimum Gasteiger partial charge on any atom is -0.321 e. The first kappa shape index (κ1) is 19.0. The molecule has 2 N–H and O–H groups in total. The van der Waals surface area contributed by atoms with Gasteiger partial charge in [0.05, 0.1) is 38.6 Å². The maximum absolute atomic E-state index is 12.5. The van der Waals surface area contributed by atoms with Crippen LogP contribution in [-0.4, -0.2) is 21.7 Å². The summed E-state index contributed by atoms with van der Waals surface area (Å²) >= 11 is 5.99. The lowest BCUT2D eigenvalue weighted by molar-refractivity contribution is -0.384. The Morgan fingerprint density at radius 2 is 1.71 bits per heavy atom. The van der Waals surface area contributed by atoms with Crippen molar-refractivity contribution in [2.24, 2.45) is 0 Å². The van der Waals surface area contributed by atoms with Gasteiger partial charge in [0, 0.05) is 18.3 Å². The molecule has 0 spiro atoms. The minimum absolute atomic E-state index is 0.0507. The van der Waals surface area contributed by atoms with E-state index in [0.29, 0.717) is 5.69 Å². The molecular weight excluding hydrogens is 384 g/mol. The van der Waals surface area contributed by atoms with Crippen LogP contribution in [0.25, 0.3) is 0 Å². The topological polar surface area (TPSA) is 114 Å². The number of anilines is 2. The number of nitrogens with one attached hydrogen (secondary N) is 2. The summed E-state index contributed by atoms with van der Waals surface area (Å²) in [6.07, 6.45) is 3.08. The van der Waals surface area contributed by atoms with Crippen molar-refractivity contribution in [1.29, 1.82) is 0 Å². The van der Waals surface area contributed by atoms with Crippen LogP contribution >= 0.6 is 11.6 Å². The van der Waals surface area contributed by atoms with Crippen LogP contribution in [0.3, 0.4) is 0 Å². The summed E-state index contributed by atoms with van der Waals surface area (Å²) in [6, 6.07) is 13.3. The summed E-state index contributed by atoms with van der Waals surface area (Å²) < 4.78 is 0. The SMILES string of the molecule is O=C(Nc1ccccc1C(=O)Nc1cccnc1)c1ccc([N+](=O)[O-])cc1Cl. The molecule has 0 aliphatic rings. The van der Waals surface area contributed by atoms with E-state index < -0.39 is 16.7 Å². The Labute approximate surface area is 164 Å². The smallest absolute Gasteiger partial charge is 0.270 e. The van der Waals surface area contributed by atoms with Crippen molar-refractivity contribution in [2.75, 3.05) is 10.6 Å². The van der Waals surface area contributed by atoms with Crippen molar-refractivity contribution in [1.82, 2.24) is 4.98 Å². The Hall–Kier alpha value is -3.78. The molecule has 0 saturated heterocycles. The molecule has 1 heterocycles. The van der Waals surface area contributed by atoms with Gasteiger partial charge in [0.2, 0.25) is 0 Å². The Kier molecular flexibility index (Phi) is 5.61. The molecule has 0 bridgehead atoms. The maximum atomic E-state index is 12.5. The van der Waals surface area contributed by atoms with Crippen LogP contribution in [0.5, 0.6) is 0 Å². The van der Waals surface area contributed by atoms with Gasteiger partial charge in [-0.2, -0.15) is 0 Å². The Morgan fingerprint density at radius 3 is 2.39 bits per heavy atom. The van der Waals surface area contributed by atoms with Crippen molar-refractivity contribution in [2.45, 2.75) is 0 Å². The highest BCUT2D eigenvalue weighted by Crippen LogP contribution is 2.24. The molecule has 9 heteroatoms. The monoisotopic (exact) mass is 396 g/mol. The highest BCUT2D eigenvalue weighted by Gasteiger charge is 2.18. The van der Waals surface area contributed by atoms with E-state index in [4.69, 9.17) is 11.6 Å². The predicted molar refractivity (Wildman–Crippen MR) is 105 cm³/mol. The first-order valence-electron chi connectivity index (χ1n) is 8.01. The maximum Gasteiger partial charge on any atom is 0.270 e. The van der Waals surface area contributed by atoms with Gasteiger partial charge < -0.3 is 10.6 Å². The fourth-order valence-corrected chi connectivity index (χ4v) is 2.68. The van der Waals surface area contributed by atoms with E-state index in [0.717, 1.165) is 6.07 Å². The number of benzene rings is 2. The van der Waals surface area contributed by atoms with Crippen LogP contribution in [-0.2, 0) is 0 Å². The van der Waals surface area contributed by atoms with Gasteiger partial charge in [0.25, 0.3) is 17.5 Å². The zero-order valence-corrected chi connectivity index (χ0v) is 15.0. The number of hydrogen-bond acceptors (Lipinski definition) is 5. The molecule has 0 fully saturated rings. The first-order valence-corrected chi connectivity index (χ1v) is 8.39. The number of nitro benzene ring substituents is 1. The first-order chi connectivity index (χ1) is 13.5. The summed E-state index contributed by atoms with van der Waals surface area (Å²) in [5.41, 5.74) is 0.834. The largest absolute Gasteiger partial charge is 0.321 e.